The van der Waals surface area contributed by atoms with E-state index in [1.165, 1.54) is 6.92 Å². The quantitative estimate of drug-likeness (QED) is 0.567. The summed E-state index contributed by atoms with van der Waals surface area (Å²) in [6.45, 7) is 5.52. The van der Waals surface area contributed by atoms with Gasteiger partial charge in [0.25, 0.3) is 0 Å². The van der Waals surface area contributed by atoms with Crippen molar-refractivity contribution in [2.75, 3.05) is 13.2 Å². The molecule has 0 saturated heterocycles. The Morgan fingerprint density at radius 3 is 2.33 bits per heavy atom. The summed E-state index contributed by atoms with van der Waals surface area (Å²) in [5.41, 5.74) is 0. The summed E-state index contributed by atoms with van der Waals surface area (Å²) in [4.78, 5) is 21.9. The SMILES string of the molecule is CC(=O)NCCC(=O)NC(CO)C(C)C. The molecule has 15 heavy (non-hydrogen) atoms. The molecule has 2 amide bonds. The second kappa shape index (κ2) is 7.23. The van der Waals surface area contributed by atoms with Crippen molar-refractivity contribution in [2.45, 2.75) is 33.2 Å². The molecule has 0 heterocycles. The fraction of sp³-hybridized carbons (Fsp3) is 0.800. The molecule has 1 unspecified atom stereocenters. The van der Waals surface area contributed by atoms with Gasteiger partial charge in [-0.15, -0.1) is 0 Å². The Morgan fingerprint density at radius 2 is 1.93 bits per heavy atom. The highest BCUT2D eigenvalue weighted by molar-refractivity contribution is 5.78. The summed E-state index contributed by atoms with van der Waals surface area (Å²) in [7, 11) is 0. The predicted molar refractivity (Wildman–Crippen MR) is 57.2 cm³/mol. The molecule has 0 aliphatic heterocycles. The lowest BCUT2D eigenvalue weighted by Crippen LogP contribution is -2.42. The van der Waals surface area contributed by atoms with Crippen LogP contribution in [0.4, 0.5) is 0 Å². The molecule has 0 aromatic heterocycles. The normalized spacial score (nSPS) is 12.3. The van der Waals surface area contributed by atoms with E-state index in [9.17, 15) is 9.59 Å². The summed E-state index contributed by atoms with van der Waals surface area (Å²) in [6.07, 6.45) is 0.239. The number of hydrogen-bond donors (Lipinski definition) is 3. The summed E-state index contributed by atoms with van der Waals surface area (Å²) in [5.74, 6) is -0.110. The first-order chi connectivity index (χ1) is 6.97. The minimum absolute atomic E-state index is 0.0659. The highest BCUT2D eigenvalue weighted by Crippen LogP contribution is 2.00. The van der Waals surface area contributed by atoms with Crippen molar-refractivity contribution in [3.05, 3.63) is 0 Å². The van der Waals surface area contributed by atoms with Gasteiger partial charge in [0.2, 0.25) is 11.8 Å². The van der Waals surface area contributed by atoms with Crippen molar-refractivity contribution in [3.63, 3.8) is 0 Å². The van der Waals surface area contributed by atoms with E-state index in [-0.39, 0.29) is 36.8 Å². The van der Waals surface area contributed by atoms with Gasteiger partial charge in [-0.1, -0.05) is 13.8 Å². The lowest BCUT2D eigenvalue weighted by molar-refractivity contribution is -0.122. The molecule has 0 aromatic carbocycles. The Kier molecular flexibility index (Phi) is 6.70. The van der Waals surface area contributed by atoms with Gasteiger partial charge in [0.05, 0.1) is 12.6 Å². The first kappa shape index (κ1) is 13.9. The minimum atomic E-state index is -0.213. The zero-order chi connectivity index (χ0) is 11.8. The van der Waals surface area contributed by atoms with Crippen LogP contribution in [0.5, 0.6) is 0 Å². The maximum atomic E-state index is 11.3. The van der Waals surface area contributed by atoms with Gasteiger partial charge in [-0.3, -0.25) is 9.59 Å². The van der Waals surface area contributed by atoms with Crippen molar-refractivity contribution in [1.29, 1.82) is 0 Å². The van der Waals surface area contributed by atoms with Crippen LogP contribution in [-0.4, -0.2) is 36.1 Å². The lowest BCUT2D eigenvalue weighted by Gasteiger charge is -2.19. The Morgan fingerprint density at radius 1 is 1.33 bits per heavy atom. The molecule has 0 aliphatic rings. The van der Waals surface area contributed by atoms with Crippen molar-refractivity contribution >= 4 is 11.8 Å². The molecule has 88 valence electrons. The monoisotopic (exact) mass is 216 g/mol. The fourth-order valence-corrected chi connectivity index (χ4v) is 1.05. The number of hydrogen-bond acceptors (Lipinski definition) is 3. The largest absolute Gasteiger partial charge is 0.394 e. The van der Waals surface area contributed by atoms with Crippen LogP contribution >= 0.6 is 0 Å². The van der Waals surface area contributed by atoms with Gasteiger partial charge < -0.3 is 15.7 Å². The molecule has 0 spiro atoms. The topological polar surface area (TPSA) is 78.4 Å². The molecule has 0 aromatic rings. The molecule has 0 saturated carbocycles. The van der Waals surface area contributed by atoms with Crippen molar-refractivity contribution < 1.29 is 14.7 Å². The average molecular weight is 216 g/mol. The molecule has 0 radical (unpaired) electrons. The first-order valence-electron chi connectivity index (χ1n) is 5.12. The molecular formula is C10H20N2O3. The predicted octanol–water partition coefficient (Wildman–Crippen LogP) is -0.354. The van der Waals surface area contributed by atoms with E-state index >= 15 is 0 Å². The van der Waals surface area contributed by atoms with Gasteiger partial charge in [-0.05, 0) is 5.92 Å². The number of carbonyl (C=O) groups is 2. The maximum absolute atomic E-state index is 11.3. The number of aliphatic hydroxyl groups excluding tert-OH is 1. The van der Waals surface area contributed by atoms with Crippen molar-refractivity contribution in [3.8, 4) is 0 Å². The van der Waals surface area contributed by atoms with Gasteiger partial charge in [-0.25, -0.2) is 0 Å². The molecule has 3 N–H and O–H groups in total. The van der Waals surface area contributed by atoms with Crippen LogP contribution in [0.2, 0.25) is 0 Å². The third kappa shape index (κ3) is 6.90. The fourth-order valence-electron chi connectivity index (χ4n) is 1.05. The summed E-state index contributed by atoms with van der Waals surface area (Å²) in [6, 6.07) is -0.213. The van der Waals surface area contributed by atoms with E-state index in [2.05, 4.69) is 10.6 Å². The molecule has 0 aliphatic carbocycles. The Balaban J connectivity index is 3.76. The smallest absolute Gasteiger partial charge is 0.222 e. The molecule has 0 fully saturated rings. The highest BCUT2D eigenvalue weighted by atomic mass is 16.3. The zero-order valence-electron chi connectivity index (χ0n) is 9.54. The molecule has 5 nitrogen and oxygen atoms in total. The van der Waals surface area contributed by atoms with Gasteiger partial charge in [-0.2, -0.15) is 0 Å². The second-order valence-corrected chi connectivity index (χ2v) is 3.83. The first-order valence-corrected chi connectivity index (χ1v) is 5.12. The summed E-state index contributed by atoms with van der Waals surface area (Å²) < 4.78 is 0. The summed E-state index contributed by atoms with van der Waals surface area (Å²) >= 11 is 0. The highest BCUT2D eigenvalue weighted by Gasteiger charge is 2.14. The average Bonchev–Trinajstić information content (AvgIpc) is 2.13. The Bertz CT molecular complexity index is 217. The van der Waals surface area contributed by atoms with Crippen LogP contribution in [0.25, 0.3) is 0 Å². The molecule has 0 rings (SSSR count). The Labute approximate surface area is 90.2 Å². The van der Waals surface area contributed by atoms with E-state index in [0.29, 0.717) is 6.54 Å². The van der Waals surface area contributed by atoms with Gasteiger partial charge in [0.1, 0.15) is 0 Å². The molecule has 1 atom stereocenters. The van der Waals surface area contributed by atoms with Crippen LogP contribution in [0, 0.1) is 5.92 Å². The van der Waals surface area contributed by atoms with Crippen molar-refractivity contribution in [1.82, 2.24) is 10.6 Å². The van der Waals surface area contributed by atoms with Crippen molar-refractivity contribution in [2.24, 2.45) is 5.92 Å². The number of rotatable bonds is 6. The van der Waals surface area contributed by atoms with Crippen LogP contribution < -0.4 is 10.6 Å². The number of amides is 2. The van der Waals surface area contributed by atoms with Gasteiger partial charge >= 0.3 is 0 Å². The number of carbonyl (C=O) groups excluding carboxylic acids is 2. The van der Waals surface area contributed by atoms with E-state index in [1.54, 1.807) is 0 Å². The lowest BCUT2D eigenvalue weighted by atomic mass is 10.1. The van der Waals surface area contributed by atoms with Crippen LogP contribution in [-0.2, 0) is 9.59 Å². The standard InChI is InChI=1S/C10H20N2O3/c1-7(2)9(6-13)12-10(15)4-5-11-8(3)14/h7,9,13H,4-6H2,1-3H3,(H,11,14)(H,12,15). The number of aliphatic hydroxyl groups is 1. The minimum Gasteiger partial charge on any atom is -0.394 e. The zero-order valence-corrected chi connectivity index (χ0v) is 9.54. The Hall–Kier alpha value is -1.10. The van der Waals surface area contributed by atoms with E-state index in [4.69, 9.17) is 5.11 Å². The third-order valence-electron chi connectivity index (χ3n) is 2.07. The number of nitrogens with one attached hydrogen (secondary N) is 2. The van der Waals surface area contributed by atoms with Crippen LogP contribution in [0.1, 0.15) is 27.2 Å². The summed E-state index contributed by atoms with van der Waals surface area (Å²) in [5, 5.41) is 14.2. The van der Waals surface area contributed by atoms with E-state index in [1.807, 2.05) is 13.8 Å². The van der Waals surface area contributed by atoms with E-state index < -0.39 is 0 Å². The second-order valence-electron chi connectivity index (χ2n) is 3.83. The van der Waals surface area contributed by atoms with Crippen LogP contribution in [0.3, 0.4) is 0 Å². The van der Waals surface area contributed by atoms with Gasteiger partial charge in [0.15, 0.2) is 0 Å². The molecular weight excluding hydrogens is 196 g/mol. The van der Waals surface area contributed by atoms with Crippen LogP contribution in [0.15, 0.2) is 0 Å². The van der Waals surface area contributed by atoms with Gasteiger partial charge in [0, 0.05) is 19.9 Å². The molecule has 0 bridgehead atoms. The third-order valence-corrected chi connectivity index (χ3v) is 2.07. The molecule has 5 heteroatoms. The van der Waals surface area contributed by atoms with E-state index in [0.717, 1.165) is 0 Å². The maximum Gasteiger partial charge on any atom is 0.222 e.